The maximum absolute atomic E-state index is 9.81. The highest BCUT2D eigenvalue weighted by Crippen LogP contribution is 2.27. The minimum Gasteiger partial charge on any atom is -0.394 e. The lowest BCUT2D eigenvalue weighted by atomic mass is 9.84. The first kappa shape index (κ1) is 11.9. The summed E-state index contributed by atoms with van der Waals surface area (Å²) in [6, 6.07) is -0.576. The zero-order valence-electron chi connectivity index (χ0n) is 8.34. The van der Waals surface area contributed by atoms with Gasteiger partial charge in [0, 0.05) is 5.92 Å². The van der Waals surface area contributed by atoms with Crippen LogP contribution in [0.4, 0.5) is 0 Å². The second kappa shape index (κ2) is 5.04. The van der Waals surface area contributed by atoms with Crippen LogP contribution in [0.3, 0.4) is 0 Å². The van der Waals surface area contributed by atoms with Crippen molar-refractivity contribution in [3.8, 4) is 0 Å². The first-order valence-electron chi connectivity index (χ1n) is 4.96. The third-order valence-electron chi connectivity index (χ3n) is 2.92. The van der Waals surface area contributed by atoms with E-state index in [1.165, 1.54) is 0 Å². The van der Waals surface area contributed by atoms with E-state index in [1.54, 1.807) is 0 Å². The molecule has 1 heterocycles. The minimum atomic E-state index is -0.719. The molecule has 1 fully saturated rings. The third kappa shape index (κ3) is 2.07. The number of aliphatic hydroxyl groups excluding tert-OH is 3. The number of hydrogen-bond acceptors (Lipinski definition) is 5. The van der Waals surface area contributed by atoms with Crippen molar-refractivity contribution in [1.82, 2.24) is 0 Å². The maximum Gasteiger partial charge on any atom is 0.0986 e. The van der Waals surface area contributed by atoms with Crippen LogP contribution >= 0.6 is 0 Å². The second-order valence-corrected chi connectivity index (χ2v) is 3.72. The maximum atomic E-state index is 9.81. The van der Waals surface area contributed by atoms with Gasteiger partial charge in [-0.1, -0.05) is 6.92 Å². The minimum absolute atomic E-state index is 0.154. The standard InChI is InChI=1S/C9H19NO4/c1-2-5-6(3-11)14-7(4-12)8(10)9(5)13/h5-9,11-13H,2-4,10H2,1H3. The predicted molar refractivity (Wildman–Crippen MR) is 50.6 cm³/mol. The Labute approximate surface area is 83.5 Å². The average molecular weight is 205 g/mol. The number of aliphatic hydroxyl groups is 3. The molecule has 1 aliphatic rings. The van der Waals surface area contributed by atoms with Gasteiger partial charge < -0.3 is 25.8 Å². The molecule has 14 heavy (non-hydrogen) atoms. The Morgan fingerprint density at radius 3 is 2.21 bits per heavy atom. The van der Waals surface area contributed by atoms with E-state index in [9.17, 15) is 5.11 Å². The quantitative estimate of drug-likeness (QED) is 0.447. The van der Waals surface area contributed by atoms with Crippen molar-refractivity contribution >= 4 is 0 Å². The summed E-state index contributed by atoms with van der Waals surface area (Å²) >= 11 is 0. The van der Waals surface area contributed by atoms with Gasteiger partial charge in [-0.15, -0.1) is 0 Å². The van der Waals surface area contributed by atoms with Crippen molar-refractivity contribution in [1.29, 1.82) is 0 Å². The van der Waals surface area contributed by atoms with E-state index < -0.39 is 24.4 Å². The topological polar surface area (TPSA) is 95.9 Å². The Bertz CT molecular complexity index is 176. The molecule has 5 unspecified atom stereocenters. The molecule has 0 aromatic carbocycles. The Hall–Kier alpha value is -0.200. The van der Waals surface area contributed by atoms with Crippen LogP contribution in [0.1, 0.15) is 13.3 Å². The second-order valence-electron chi connectivity index (χ2n) is 3.72. The highest BCUT2D eigenvalue weighted by molar-refractivity contribution is 4.93. The SMILES string of the molecule is CCC1C(CO)OC(CO)C(N)C1O. The highest BCUT2D eigenvalue weighted by atomic mass is 16.5. The molecule has 0 bridgehead atoms. The van der Waals surface area contributed by atoms with Crippen LogP contribution in [0.15, 0.2) is 0 Å². The van der Waals surface area contributed by atoms with Crippen molar-refractivity contribution in [3.63, 3.8) is 0 Å². The van der Waals surface area contributed by atoms with E-state index in [0.717, 1.165) is 0 Å². The molecule has 0 aromatic heterocycles. The lowest BCUT2D eigenvalue weighted by Crippen LogP contribution is -2.60. The lowest BCUT2D eigenvalue weighted by molar-refractivity contribution is -0.171. The van der Waals surface area contributed by atoms with Crippen LogP contribution in [0.5, 0.6) is 0 Å². The fourth-order valence-corrected chi connectivity index (χ4v) is 1.99. The molecule has 1 rings (SSSR count). The molecule has 0 aromatic rings. The molecule has 1 saturated heterocycles. The van der Waals surface area contributed by atoms with Crippen LogP contribution in [-0.2, 0) is 4.74 Å². The first-order chi connectivity index (χ1) is 6.65. The zero-order valence-corrected chi connectivity index (χ0v) is 8.34. The van der Waals surface area contributed by atoms with E-state index in [0.29, 0.717) is 6.42 Å². The Morgan fingerprint density at radius 2 is 1.79 bits per heavy atom. The van der Waals surface area contributed by atoms with Gasteiger partial charge in [-0.2, -0.15) is 0 Å². The molecule has 5 heteroatoms. The summed E-state index contributed by atoms with van der Waals surface area (Å²) in [6.07, 6.45) is -1.03. The van der Waals surface area contributed by atoms with Gasteiger partial charge in [0.2, 0.25) is 0 Å². The molecule has 5 nitrogen and oxygen atoms in total. The Balaban J connectivity index is 2.71. The molecule has 1 aliphatic heterocycles. The van der Waals surface area contributed by atoms with Crippen molar-refractivity contribution in [2.75, 3.05) is 13.2 Å². The van der Waals surface area contributed by atoms with Gasteiger partial charge >= 0.3 is 0 Å². The number of nitrogens with two attached hydrogens (primary N) is 1. The van der Waals surface area contributed by atoms with Gasteiger partial charge in [-0.25, -0.2) is 0 Å². The van der Waals surface area contributed by atoms with Crippen LogP contribution in [0, 0.1) is 5.92 Å². The van der Waals surface area contributed by atoms with Gasteiger partial charge in [0.05, 0.1) is 37.6 Å². The summed E-state index contributed by atoms with van der Waals surface area (Å²) in [4.78, 5) is 0. The van der Waals surface area contributed by atoms with Gasteiger partial charge in [0.15, 0.2) is 0 Å². The summed E-state index contributed by atoms with van der Waals surface area (Å²) < 4.78 is 5.39. The summed E-state index contributed by atoms with van der Waals surface area (Å²) in [7, 11) is 0. The molecule has 5 atom stereocenters. The van der Waals surface area contributed by atoms with Crippen molar-refractivity contribution in [3.05, 3.63) is 0 Å². The normalized spacial score (nSPS) is 43.9. The molecule has 0 spiro atoms. The molecular formula is C9H19NO4. The van der Waals surface area contributed by atoms with Crippen molar-refractivity contribution in [2.45, 2.75) is 37.7 Å². The van der Waals surface area contributed by atoms with Gasteiger partial charge in [-0.3, -0.25) is 0 Å². The van der Waals surface area contributed by atoms with Gasteiger partial charge in [0.1, 0.15) is 0 Å². The predicted octanol–water partition coefficient (Wildman–Crippen LogP) is -1.55. The van der Waals surface area contributed by atoms with E-state index in [1.807, 2.05) is 6.92 Å². The molecule has 0 radical (unpaired) electrons. The Kier molecular flexibility index (Phi) is 4.28. The molecule has 0 aliphatic carbocycles. The van der Waals surface area contributed by atoms with E-state index in [4.69, 9.17) is 20.7 Å². The molecular weight excluding hydrogens is 186 g/mol. The van der Waals surface area contributed by atoms with Crippen molar-refractivity contribution in [2.24, 2.45) is 11.7 Å². The monoisotopic (exact) mass is 205 g/mol. The molecule has 0 amide bonds. The summed E-state index contributed by atoms with van der Waals surface area (Å²) in [5.41, 5.74) is 5.70. The number of ether oxygens (including phenoxy) is 1. The molecule has 5 N–H and O–H groups in total. The van der Waals surface area contributed by atoms with E-state index in [-0.39, 0.29) is 19.1 Å². The largest absolute Gasteiger partial charge is 0.394 e. The Morgan fingerprint density at radius 1 is 1.21 bits per heavy atom. The van der Waals surface area contributed by atoms with Crippen molar-refractivity contribution < 1.29 is 20.1 Å². The van der Waals surface area contributed by atoms with E-state index >= 15 is 0 Å². The van der Waals surface area contributed by atoms with Crippen LogP contribution in [0.25, 0.3) is 0 Å². The average Bonchev–Trinajstić information content (AvgIpc) is 2.21. The first-order valence-corrected chi connectivity index (χ1v) is 4.96. The van der Waals surface area contributed by atoms with Crippen LogP contribution in [0.2, 0.25) is 0 Å². The van der Waals surface area contributed by atoms with E-state index in [2.05, 4.69) is 0 Å². The third-order valence-corrected chi connectivity index (χ3v) is 2.92. The van der Waals surface area contributed by atoms with Crippen LogP contribution in [-0.4, -0.2) is 52.9 Å². The lowest BCUT2D eigenvalue weighted by Gasteiger charge is -2.42. The summed E-state index contributed by atoms with van der Waals surface area (Å²) in [6.45, 7) is 1.52. The molecule has 84 valence electrons. The fourth-order valence-electron chi connectivity index (χ4n) is 1.99. The fraction of sp³-hybridized carbons (Fsp3) is 1.00. The molecule has 0 saturated carbocycles. The summed E-state index contributed by atoms with van der Waals surface area (Å²) in [5, 5.41) is 27.8. The summed E-state index contributed by atoms with van der Waals surface area (Å²) in [5.74, 6) is -0.155. The highest BCUT2D eigenvalue weighted by Gasteiger charge is 2.41. The van der Waals surface area contributed by atoms with Gasteiger partial charge in [0.25, 0.3) is 0 Å². The number of hydrogen-bond donors (Lipinski definition) is 4. The zero-order chi connectivity index (χ0) is 10.7. The number of rotatable bonds is 3. The smallest absolute Gasteiger partial charge is 0.0986 e. The van der Waals surface area contributed by atoms with Gasteiger partial charge in [-0.05, 0) is 6.42 Å². The van der Waals surface area contributed by atoms with Crippen LogP contribution < -0.4 is 5.73 Å².